The Bertz CT molecular complexity index is 1350. The van der Waals surface area contributed by atoms with Gasteiger partial charge >= 0.3 is 0 Å². The molecule has 0 unspecified atom stereocenters. The van der Waals surface area contributed by atoms with Gasteiger partial charge in [0.25, 0.3) is 0 Å². The number of carbonyl (C=O) groups excluding carboxylic acids is 2. The molecule has 0 aromatic heterocycles. The molecule has 0 saturated carbocycles. The number of sulfonamides is 1. The van der Waals surface area contributed by atoms with Crippen LogP contribution in [0.2, 0.25) is 0 Å². The molecule has 8 nitrogen and oxygen atoms in total. The van der Waals surface area contributed by atoms with E-state index in [-0.39, 0.29) is 36.4 Å². The van der Waals surface area contributed by atoms with Crippen molar-refractivity contribution in [2.24, 2.45) is 0 Å². The first-order chi connectivity index (χ1) is 18.7. The van der Waals surface area contributed by atoms with Crippen LogP contribution in [0.1, 0.15) is 60.4 Å². The smallest absolute Gasteiger partial charge is 0.243 e. The number of piperazine rings is 1. The zero-order chi connectivity index (χ0) is 27.6. The van der Waals surface area contributed by atoms with E-state index in [4.69, 9.17) is 0 Å². The van der Waals surface area contributed by atoms with Gasteiger partial charge in [-0.2, -0.15) is 4.31 Å². The van der Waals surface area contributed by atoms with Crippen LogP contribution in [0.4, 0.5) is 0 Å². The quantitative estimate of drug-likeness (QED) is 0.526. The van der Waals surface area contributed by atoms with E-state index in [0.29, 0.717) is 0 Å². The summed E-state index contributed by atoms with van der Waals surface area (Å²) in [5, 5.41) is 5.82. The second kappa shape index (κ2) is 11.6. The summed E-state index contributed by atoms with van der Waals surface area (Å²) >= 11 is 0. The van der Waals surface area contributed by atoms with Crippen LogP contribution in [-0.4, -0.2) is 68.2 Å². The zero-order valence-electron chi connectivity index (χ0n) is 22.6. The molecule has 208 valence electrons. The van der Waals surface area contributed by atoms with Gasteiger partial charge in [-0.3, -0.25) is 14.5 Å². The van der Waals surface area contributed by atoms with Gasteiger partial charge in [-0.15, -0.1) is 0 Å². The number of amides is 2. The second-order valence-electron chi connectivity index (χ2n) is 11.0. The molecule has 3 aliphatic rings. The third-order valence-electron chi connectivity index (χ3n) is 8.10. The lowest BCUT2D eigenvalue weighted by atomic mass is 9.85. The molecule has 0 bridgehead atoms. The maximum Gasteiger partial charge on any atom is 0.243 e. The molecular formula is C30H38N4O4S. The van der Waals surface area contributed by atoms with Crippen molar-refractivity contribution in [3.63, 3.8) is 0 Å². The Balaban J connectivity index is 1.28. The van der Waals surface area contributed by atoms with Crippen LogP contribution in [0.25, 0.3) is 5.57 Å². The minimum atomic E-state index is -3.93. The third-order valence-corrected chi connectivity index (χ3v) is 10.0. The average molecular weight is 551 g/mol. The van der Waals surface area contributed by atoms with Gasteiger partial charge in [-0.1, -0.05) is 42.5 Å². The van der Waals surface area contributed by atoms with E-state index in [2.05, 4.69) is 40.3 Å². The van der Waals surface area contributed by atoms with Crippen LogP contribution >= 0.6 is 0 Å². The third kappa shape index (κ3) is 6.10. The summed E-state index contributed by atoms with van der Waals surface area (Å²) in [5.74, 6) is -0.779. The number of hydrogen-bond acceptors (Lipinski definition) is 5. The first kappa shape index (κ1) is 27.6. The molecule has 2 heterocycles. The van der Waals surface area contributed by atoms with Crippen molar-refractivity contribution in [1.82, 2.24) is 19.8 Å². The Morgan fingerprint density at radius 2 is 1.82 bits per heavy atom. The summed E-state index contributed by atoms with van der Waals surface area (Å²) in [6, 6.07) is 11.7. The lowest BCUT2D eigenvalue weighted by molar-refractivity contribution is -0.132. The molecule has 9 heteroatoms. The highest BCUT2D eigenvalue weighted by atomic mass is 32.2. The van der Waals surface area contributed by atoms with Crippen molar-refractivity contribution >= 4 is 27.4 Å². The molecule has 0 spiro atoms. The van der Waals surface area contributed by atoms with Gasteiger partial charge in [0.1, 0.15) is 6.04 Å². The highest BCUT2D eigenvalue weighted by Gasteiger charge is 2.40. The molecule has 2 amide bonds. The van der Waals surface area contributed by atoms with Crippen molar-refractivity contribution in [3.05, 3.63) is 71.3 Å². The number of carbonyl (C=O) groups is 2. The maximum atomic E-state index is 13.4. The van der Waals surface area contributed by atoms with Crippen molar-refractivity contribution in [2.45, 2.75) is 62.4 Å². The van der Waals surface area contributed by atoms with Crippen LogP contribution in [0.5, 0.6) is 0 Å². The Kier molecular flexibility index (Phi) is 8.21. The van der Waals surface area contributed by atoms with E-state index in [1.54, 1.807) is 24.3 Å². The van der Waals surface area contributed by atoms with E-state index in [0.717, 1.165) is 61.2 Å². The molecule has 2 N–H and O–H groups in total. The SMILES string of the molecule is C=C(CN1CCCC1)c1ccc2c(c1)CCC[C@H]2NC(=O)C[C@@H]1C(=O)NCCN1S(=O)(=O)c1ccc(C)cc1. The number of benzene rings is 2. The number of fused-ring (bicyclic) bond motifs is 1. The maximum absolute atomic E-state index is 13.4. The van der Waals surface area contributed by atoms with Crippen LogP contribution in [0.3, 0.4) is 0 Å². The number of aryl methyl sites for hydroxylation is 2. The Labute approximate surface area is 231 Å². The summed E-state index contributed by atoms with van der Waals surface area (Å²) < 4.78 is 27.9. The van der Waals surface area contributed by atoms with Gasteiger partial charge in [0.05, 0.1) is 17.4 Å². The molecule has 2 saturated heterocycles. The van der Waals surface area contributed by atoms with Crippen molar-refractivity contribution < 1.29 is 18.0 Å². The highest BCUT2D eigenvalue weighted by molar-refractivity contribution is 7.89. The summed E-state index contributed by atoms with van der Waals surface area (Å²) in [4.78, 5) is 28.6. The summed E-state index contributed by atoms with van der Waals surface area (Å²) in [5.41, 5.74) is 5.50. The van der Waals surface area contributed by atoms with Gasteiger partial charge < -0.3 is 10.6 Å². The highest BCUT2D eigenvalue weighted by Crippen LogP contribution is 2.32. The molecule has 2 fully saturated rings. The minimum absolute atomic E-state index is 0.121. The van der Waals surface area contributed by atoms with E-state index >= 15 is 0 Å². The van der Waals surface area contributed by atoms with Gasteiger partial charge in [0.2, 0.25) is 21.8 Å². The van der Waals surface area contributed by atoms with Gasteiger partial charge in [-0.05, 0) is 86.5 Å². The summed E-state index contributed by atoms with van der Waals surface area (Å²) in [7, 11) is -3.93. The molecule has 39 heavy (non-hydrogen) atoms. The number of hydrogen-bond donors (Lipinski definition) is 2. The standard InChI is InChI=1S/C30H38N4O4S/c1-21-8-11-25(12-9-21)39(37,38)34-17-14-31-30(36)28(34)19-29(35)32-27-7-5-6-24-18-23(10-13-26(24)27)22(2)20-33-15-3-4-16-33/h8-13,18,27-28H,2-7,14-17,19-20H2,1H3,(H,31,36)(H,32,35)/t27-,28-/m1/s1. The van der Waals surface area contributed by atoms with Crippen molar-refractivity contribution in [1.29, 1.82) is 0 Å². The normalized spacial score (nSPS) is 22.2. The summed E-state index contributed by atoms with van der Waals surface area (Å²) in [6.07, 6.45) is 4.95. The predicted molar refractivity (Wildman–Crippen MR) is 151 cm³/mol. The monoisotopic (exact) mass is 550 g/mol. The molecule has 0 radical (unpaired) electrons. The van der Waals surface area contributed by atoms with E-state index in [1.807, 2.05) is 6.92 Å². The van der Waals surface area contributed by atoms with Crippen LogP contribution in [-0.2, 0) is 26.0 Å². The van der Waals surface area contributed by atoms with Crippen LogP contribution in [0.15, 0.2) is 53.9 Å². The Hall–Kier alpha value is -3.01. The molecule has 2 aromatic carbocycles. The fourth-order valence-corrected chi connectivity index (χ4v) is 7.52. The lowest BCUT2D eigenvalue weighted by Crippen LogP contribution is -2.58. The number of nitrogens with zero attached hydrogens (tertiary/aromatic N) is 2. The first-order valence-corrected chi connectivity index (χ1v) is 15.4. The molecule has 2 aromatic rings. The lowest BCUT2D eigenvalue weighted by Gasteiger charge is -2.34. The molecule has 2 atom stereocenters. The van der Waals surface area contributed by atoms with Crippen LogP contribution < -0.4 is 10.6 Å². The van der Waals surface area contributed by atoms with E-state index in [1.165, 1.54) is 22.7 Å². The fourth-order valence-electron chi connectivity index (χ4n) is 5.94. The molecule has 1 aliphatic carbocycles. The first-order valence-electron chi connectivity index (χ1n) is 13.9. The minimum Gasteiger partial charge on any atom is -0.353 e. The summed E-state index contributed by atoms with van der Waals surface area (Å²) in [6.45, 7) is 9.67. The number of nitrogens with one attached hydrogen (secondary N) is 2. The molecule has 2 aliphatic heterocycles. The fraction of sp³-hybridized carbons (Fsp3) is 0.467. The molecular weight excluding hydrogens is 512 g/mol. The Morgan fingerprint density at radius 1 is 1.08 bits per heavy atom. The van der Waals surface area contributed by atoms with Gasteiger partial charge in [-0.25, -0.2) is 8.42 Å². The largest absolute Gasteiger partial charge is 0.353 e. The van der Waals surface area contributed by atoms with Gasteiger partial charge in [0, 0.05) is 19.6 Å². The van der Waals surface area contributed by atoms with Crippen molar-refractivity contribution in [3.8, 4) is 0 Å². The van der Waals surface area contributed by atoms with E-state index < -0.39 is 22.0 Å². The van der Waals surface area contributed by atoms with E-state index in [9.17, 15) is 18.0 Å². The zero-order valence-corrected chi connectivity index (χ0v) is 23.4. The van der Waals surface area contributed by atoms with Gasteiger partial charge in [0.15, 0.2) is 0 Å². The Morgan fingerprint density at radius 3 is 2.56 bits per heavy atom. The predicted octanol–water partition coefficient (Wildman–Crippen LogP) is 3.18. The molecule has 5 rings (SSSR count). The average Bonchev–Trinajstić information content (AvgIpc) is 3.43. The number of rotatable bonds is 8. The van der Waals surface area contributed by atoms with Crippen molar-refractivity contribution in [2.75, 3.05) is 32.7 Å². The second-order valence-corrected chi connectivity index (χ2v) is 12.8. The number of likely N-dealkylation sites (tertiary alicyclic amines) is 1. The topological polar surface area (TPSA) is 98.8 Å². The van der Waals surface area contributed by atoms with Crippen LogP contribution in [0, 0.1) is 6.92 Å².